The highest BCUT2D eigenvalue weighted by Gasteiger charge is 2.22. The number of piperazine rings is 1. The molecule has 7 heteroatoms. The Labute approximate surface area is 146 Å². The number of aromatic nitrogens is 1. The van der Waals surface area contributed by atoms with Crippen LogP contribution in [0.15, 0.2) is 42.6 Å². The normalized spacial score (nSPS) is 15.0. The molecule has 1 saturated heterocycles. The number of nitrogens with one attached hydrogen (secondary N) is 1. The standard InChI is InChI=1S/C18H22N4O3/c1-25-17-16(6-3-7-19-17)20-18(24)22-10-8-21(9-11-22)13-14-4-2-5-15(23)12-14/h2-7,12,23H,8-11,13H2,1H3,(H,20,24). The second kappa shape index (κ2) is 7.85. The van der Waals surface area contributed by atoms with E-state index in [2.05, 4.69) is 15.2 Å². The van der Waals surface area contributed by atoms with Gasteiger partial charge in [-0.05, 0) is 29.8 Å². The molecule has 1 aromatic heterocycles. The Morgan fingerprint density at radius 3 is 2.76 bits per heavy atom. The van der Waals surface area contributed by atoms with Crippen LogP contribution >= 0.6 is 0 Å². The molecular formula is C18H22N4O3. The number of amides is 2. The Bertz CT molecular complexity index is 730. The third kappa shape index (κ3) is 4.39. The van der Waals surface area contributed by atoms with Gasteiger partial charge in [0.25, 0.3) is 0 Å². The maximum atomic E-state index is 12.4. The first-order valence-electron chi connectivity index (χ1n) is 8.21. The minimum Gasteiger partial charge on any atom is -0.508 e. The minimum atomic E-state index is -0.150. The van der Waals surface area contributed by atoms with E-state index in [1.165, 1.54) is 7.11 Å². The highest BCUT2D eigenvalue weighted by molar-refractivity contribution is 5.90. The first kappa shape index (κ1) is 17.0. The van der Waals surface area contributed by atoms with Crippen LogP contribution in [-0.2, 0) is 6.54 Å². The second-order valence-corrected chi connectivity index (χ2v) is 5.92. The van der Waals surface area contributed by atoms with Gasteiger partial charge < -0.3 is 20.1 Å². The van der Waals surface area contributed by atoms with Crippen LogP contribution in [0.3, 0.4) is 0 Å². The van der Waals surface area contributed by atoms with Gasteiger partial charge in [-0.1, -0.05) is 12.1 Å². The van der Waals surface area contributed by atoms with Crippen molar-refractivity contribution in [3.05, 3.63) is 48.2 Å². The van der Waals surface area contributed by atoms with Crippen molar-refractivity contribution in [3.8, 4) is 11.6 Å². The molecule has 25 heavy (non-hydrogen) atoms. The van der Waals surface area contributed by atoms with Crippen molar-refractivity contribution in [1.29, 1.82) is 0 Å². The van der Waals surface area contributed by atoms with Gasteiger partial charge >= 0.3 is 6.03 Å². The quantitative estimate of drug-likeness (QED) is 0.890. The number of methoxy groups -OCH3 is 1. The fourth-order valence-corrected chi connectivity index (χ4v) is 2.86. The monoisotopic (exact) mass is 342 g/mol. The number of nitrogens with zero attached hydrogens (tertiary/aromatic N) is 3. The molecule has 1 aliphatic rings. The average molecular weight is 342 g/mol. The van der Waals surface area contributed by atoms with Crippen molar-refractivity contribution in [2.75, 3.05) is 38.6 Å². The summed E-state index contributed by atoms with van der Waals surface area (Å²) in [6, 6.07) is 10.6. The maximum absolute atomic E-state index is 12.4. The molecule has 0 unspecified atom stereocenters. The van der Waals surface area contributed by atoms with Crippen molar-refractivity contribution in [2.24, 2.45) is 0 Å². The molecule has 0 atom stereocenters. The first-order valence-corrected chi connectivity index (χ1v) is 8.21. The summed E-state index contributed by atoms with van der Waals surface area (Å²) in [6.07, 6.45) is 1.62. The summed E-state index contributed by atoms with van der Waals surface area (Å²) in [7, 11) is 1.53. The summed E-state index contributed by atoms with van der Waals surface area (Å²) in [5, 5.41) is 12.4. The number of ether oxygens (including phenoxy) is 1. The average Bonchev–Trinajstić information content (AvgIpc) is 2.63. The molecule has 1 fully saturated rings. The lowest BCUT2D eigenvalue weighted by Gasteiger charge is -2.34. The van der Waals surface area contributed by atoms with Crippen LogP contribution in [0.4, 0.5) is 10.5 Å². The lowest BCUT2D eigenvalue weighted by molar-refractivity contribution is 0.143. The number of hydrogen-bond donors (Lipinski definition) is 2. The summed E-state index contributed by atoms with van der Waals surface area (Å²) >= 11 is 0. The fraction of sp³-hybridized carbons (Fsp3) is 0.333. The van der Waals surface area contributed by atoms with Gasteiger partial charge in [0, 0.05) is 38.9 Å². The maximum Gasteiger partial charge on any atom is 0.322 e. The van der Waals surface area contributed by atoms with Crippen LogP contribution < -0.4 is 10.1 Å². The van der Waals surface area contributed by atoms with Crippen LogP contribution in [-0.4, -0.2) is 59.2 Å². The molecule has 7 nitrogen and oxygen atoms in total. The third-order valence-corrected chi connectivity index (χ3v) is 4.18. The highest BCUT2D eigenvalue weighted by Crippen LogP contribution is 2.20. The lowest BCUT2D eigenvalue weighted by Crippen LogP contribution is -2.49. The van der Waals surface area contributed by atoms with Crippen LogP contribution in [0.2, 0.25) is 0 Å². The number of pyridine rings is 1. The summed E-state index contributed by atoms with van der Waals surface area (Å²) in [6.45, 7) is 3.63. The van der Waals surface area contributed by atoms with Crippen LogP contribution in [0.1, 0.15) is 5.56 Å². The van der Waals surface area contributed by atoms with E-state index in [-0.39, 0.29) is 11.8 Å². The van der Waals surface area contributed by atoms with Crippen LogP contribution in [0.25, 0.3) is 0 Å². The van der Waals surface area contributed by atoms with E-state index in [0.29, 0.717) is 24.7 Å². The Morgan fingerprint density at radius 2 is 2.04 bits per heavy atom. The summed E-state index contributed by atoms with van der Waals surface area (Å²) in [5.41, 5.74) is 1.63. The van der Waals surface area contributed by atoms with Gasteiger partial charge in [-0.25, -0.2) is 9.78 Å². The number of benzene rings is 1. The molecule has 0 radical (unpaired) electrons. The van der Waals surface area contributed by atoms with Gasteiger partial charge in [-0.3, -0.25) is 4.90 Å². The van der Waals surface area contributed by atoms with Crippen molar-refractivity contribution >= 4 is 11.7 Å². The molecule has 3 rings (SSSR count). The van der Waals surface area contributed by atoms with Crippen LogP contribution in [0, 0.1) is 0 Å². The predicted molar refractivity (Wildman–Crippen MR) is 94.8 cm³/mol. The summed E-state index contributed by atoms with van der Waals surface area (Å²) in [4.78, 5) is 20.6. The molecule has 0 bridgehead atoms. The Balaban J connectivity index is 1.52. The number of rotatable bonds is 4. The zero-order chi connectivity index (χ0) is 17.6. The van der Waals surface area contributed by atoms with Crippen molar-refractivity contribution in [3.63, 3.8) is 0 Å². The zero-order valence-corrected chi connectivity index (χ0v) is 14.2. The Kier molecular flexibility index (Phi) is 5.35. The molecule has 0 spiro atoms. The lowest BCUT2D eigenvalue weighted by atomic mass is 10.2. The van der Waals surface area contributed by atoms with Gasteiger partial charge in [0.1, 0.15) is 11.4 Å². The SMILES string of the molecule is COc1ncccc1NC(=O)N1CCN(Cc2cccc(O)c2)CC1. The number of phenolic OH excluding ortho intramolecular Hbond substituents is 1. The van der Waals surface area contributed by atoms with E-state index in [0.717, 1.165) is 25.2 Å². The topological polar surface area (TPSA) is 77.9 Å². The molecule has 0 saturated carbocycles. The number of carbonyl (C=O) groups excluding carboxylic acids is 1. The predicted octanol–water partition coefficient (Wildman–Crippen LogP) is 2.15. The van der Waals surface area contributed by atoms with Crippen molar-refractivity contribution in [1.82, 2.24) is 14.8 Å². The van der Waals surface area contributed by atoms with E-state index in [4.69, 9.17) is 4.74 Å². The highest BCUT2D eigenvalue weighted by atomic mass is 16.5. The number of hydrogen-bond acceptors (Lipinski definition) is 5. The van der Waals surface area contributed by atoms with E-state index in [1.54, 1.807) is 35.4 Å². The number of anilines is 1. The number of carbonyl (C=O) groups is 1. The molecule has 2 amide bonds. The van der Waals surface area contributed by atoms with Gasteiger partial charge in [-0.2, -0.15) is 0 Å². The van der Waals surface area contributed by atoms with E-state index >= 15 is 0 Å². The molecule has 2 heterocycles. The molecule has 132 valence electrons. The molecular weight excluding hydrogens is 320 g/mol. The van der Waals surface area contributed by atoms with Gasteiger partial charge in [0.05, 0.1) is 7.11 Å². The fourth-order valence-electron chi connectivity index (χ4n) is 2.86. The van der Waals surface area contributed by atoms with Gasteiger partial charge in [0.2, 0.25) is 5.88 Å². The van der Waals surface area contributed by atoms with Gasteiger partial charge in [-0.15, -0.1) is 0 Å². The zero-order valence-electron chi connectivity index (χ0n) is 14.2. The summed E-state index contributed by atoms with van der Waals surface area (Å²) < 4.78 is 5.15. The van der Waals surface area contributed by atoms with E-state index in [9.17, 15) is 9.90 Å². The molecule has 2 aromatic rings. The number of phenols is 1. The van der Waals surface area contributed by atoms with Crippen molar-refractivity contribution < 1.29 is 14.6 Å². The molecule has 2 N–H and O–H groups in total. The second-order valence-electron chi connectivity index (χ2n) is 5.92. The first-order chi connectivity index (χ1) is 12.2. The Morgan fingerprint density at radius 1 is 1.24 bits per heavy atom. The molecule has 1 aliphatic heterocycles. The van der Waals surface area contributed by atoms with E-state index < -0.39 is 0 Å². The largest absolute Gasteiger partial charge is 0.508 e. The Hall–Kier alpha value is -2.80. The number of urea groups is 1. The van der Waals surface area contributed by atoms with Crippen molar-refractivity contribution in [2.45, 2.75) is 6.54 Å². The summed E-state index contributed by atoms with van der Waals surface area (Å²) in [5.74, 6) is 0.680. The number of aromatic hydroxyl groups is 1. The molecule has 1 aromatic carbocycles. The smallest absolute Gasteiger partial charge is 0.322 e. The molecule has 0 aliphatic carbocycles. The minimum absolute atomic E-state index is 0.150. The third-order valence-electron chi connectivity index (χ3n) is 4.18. The van der Waals surface area contributed by atoms with Gasteiger partial charge in [0.15, 0.2) is 0 Å². The van der Waals surface area contributed by atoms with E-state index in [1.807, 2.05) is 12.1 Å². The van der Waals surface area contributed by atoms with Crippen LogP contribution in [0.5, 0.6) is 11.6 Å².